The van der Waals surface area contributed by atoms with Crippen molar-refractivity contribution in [2.75, 3.05) is 45.7 Å². The molecule has 14 heteroatoms. The molecule has 2 heterocycles. The van der Waals surface area contributed by atoms with E-state index in [9.17, 15) is 19.5 Å². The molecule has 1 aliphatic heterocycles. The van der Waals surface area contributed by atoms with Crippen LogP contribution in [0.1, 0.15) is 22.7 Å². The molecule has 0 radical (unpaired) electrons. The second-order valence-corrected chi connectivity index (χ2v) is 11.9. The number of benzene rings is 3. The molecule has 254 valence electrons. The fourth-order valence-corrected chi connectivity index (χ4v) is 5.35. The first-order valence-electron chi connectivity index (χ1n) is 15.4. The molecule has 5 N–H and O–H groups in total. The average molecular weight is 686 g/mol. The van der Waals surface area contributed by atoms with Gasteiger partial charge in [-0.2, -0.15) is 5.10 Å². The van der Waals surface area contributed by atoms with Gasteiger partial charge in [0.05, 0.1) is 25.3 Å². The molecule has 0 aliphatic carbocycles. The molecule has 2 atom stereocenters. The standard InChI is InChI=1S/C35H36ClN7O6/c1-41(2)16-17-42-21-25(31(39-42)28-20-26(36)12-15-30(28)44)11-8-23-9-13-27(14-10-23)37-33(45)29-22-49-19-18-43(29)34(46)32(38-35(47)40-48)24-6-4-3-5-7-24/h3-7,9-10,12-15,20-21,29,32,44,48H,16-19,22H2,1-2H3,(H,37,45)(H2,38,40,47)/t29-,32+/m0/s1. The first-order chi connectivity index (χ1) is 23.6. The average Bonchev–Trinajstić information content (AvgIpc) is 3.53. The maximum atomic E-state index is 13.7. The molecule has 4 aromatic rings. The van der Waals surface area contributed by atoms with E-state index in [0.717, 1.165) is 6.54 Å². The van der Waals surface area contributed by atoms with E-state index >= 15 is 0 Å². The van der Waals surface area contributed by atoms with Crippen LogP contribution in [0.25, 0.3) is 11.3 Å². The summed E-state index contributed by atoms with van der Waals surface area (Å²) < 4.78 is 7.32. The summed E-state index contributed by atoms with van der Waals surface area (Å²) in [5.74, 6) is 5.32. The van der Waals surface area contributed by atoms with Crippen LogP contribution in [0.4, 0.5) is 10.5 Å². The van der Waals surface area contributed by atoms with Gasteiger partial charge < -0.3 is 30.3 Å². The van der Waals surface area contributed by atoms with E-state index in [-0.39, 0.29) is 25.5 Å². The Kier molecular flexibility index (Phi) is 11.5. The number of nitrogens with zero attached hydrogens (tertiary/aromatic N) is 4. The fraction of sp³-hybridized carbons (Fsp3) is 0.257. The van der Waals surface area contributed by atoms with Gasteiger partial charge in [-0.15, -0.1) is 0 Å². The Balaban J connectivity index is 1.32. The predicted molar refractivity (Wildman–Crippen MR) is 183 cm³/mol. The van der Waals surface area contributed by atoms with Crippen LogP contribution in [0.2, 0.25) is 5.02 Å². The van der Waals surface area contributed by atoms with Gasteiger partial charge in [0.15, 0.2) is 0 Å². The van der Waals surface area contributed by atoms with Gasteiger partial charge in [0.1, 0.15) is 23.5 Å². The van der Waals surface area contributed by atoms with E-state index in [1.54, 1.807) is 71.4 Å². The van der Waals surface area contributed by atoms with Crippen molar-refractivity contribution in [3.63, 3.8) is 0 Å². The molecule has 0 bridgehead atoms. The van der Waals surface area contributed by atoms with E-state index in [0.29, 0.717) is 45.2 Å². The zero-order valence-electron chi connectivity index (χ0n) is 26.9. The number of amides is 4. The summed E-state index contributed by atoms with van der Waals surface area (Å²) in [7, 11) is 3.94. The number of phenolic OH excluding ortho intramolecular Hbond substituents is 1. The molecule has 13 nitrogen and oxygen atoms in total. The number of aromatic hydroxyl groups is 1. The van der Waals surface area contributed by atoms with Crippen LogP contribution < -0.4 is 16.1 Å². The summed E-state index contributed by atoms with van der Waals surface area (Å²) in [6, 6.07) is 17.1. The minimum Gasteiger partial charge on any atom is -0.507 e. The summed E-state index contributed by atoms with van der Waals surface area (Å²) in [5.41, 5.74) is 4.69. The van der Waals surface area contributed by atoms with Gasteiger partial charge >= 0.3 is 6.03 Å². The van der Waals surface area contributed by atoms with Gasteiger partial charge in [0.25, 0.3) is 5.91 Å². The minimum absolute atomic E-state index is 0.0385. The quantitative estimate of drug-likeness (QED) is 0.102. The van der Waals surface area contributed by atoms with Crippen LogP contribution in [-0.2, 0) is 20.9 Å². The highest BCUT2D eigenvalue weighted by Crippen LogP contribution is 2.32. The SMILES string of the molecule is CN(C)CCn1cc(C#Cc2ccc(NC(=O)[C@@H]3COCCN3C(=O)[C@H](NC(=O)NO)c3ccccc3)cc2)c(-c2cc(Cl)ccc2O)n1. The predicted octanol–water partition coefficient (Wildman–Crippen LogP) is 3.47. The molecule has 1 fully saturated rings. The lowest BCUT2D eigenvalue weighted by Crippen LogP contribution is -2.57. The van der Waals surface area contributed by atoms with Gasteiger partial charge in [-0.3, -0.25) is 19.5 Å². The molecule has 0 unspecified atom stereocenters. The Morgan fingerprint density at radius 2 is 1.84 bits per heavy atom. The highest BCUT2D eigenvalue weighted by Gasteiger charge is 2.37. The Bertz CT molecular complexity index is 1850. The van der Waals surface area contributed by atoms with Gasteiger partial charge in [0, 0.05) is 41.1 Å². The maximum absolute atomic E-state index is 13.7. The van der Waals surface area contributed by atoms with Crippen molar-refractivity contribution < 1.29 is 29.4 Å². The third-order valence-corrected chi connectivity index (χ3v) is 7.95. The first kappa shape index (κ1) is 34.9. The summed E-state index contributed by atoms with van der Waals surface area (Å²) in [6.07, 6.45) is 1.83. The first-order valence-corrected chi connectivity index (χ1v) is 15.8. The molecule has 1 aromatic heterocycles. The largest absolute Gasteiger partial charge is 0.507 e. The monoisotopic (exact) mass is 685 g/mol. The summed E-state index contributed by atoms with van der Waals surface area (Å²) in [5, 5.41) is 30.0. The zero-order chi connectivity index (χ0) is 34.9. The topological polar surface area (TPSA) is 161 Å². The summed E-state index contributed by atoms with van der Waals surface area (Å²) in [6.45, 7) is 1.67. The number of hydroxylamine groups is 1. The second-order valence-electron chi connectivity index (χ2n) is 11.5. The van der Waals surface area contributed by atoms with Crippen LogP contribution in [0, 0.1) is 11.8 Å². The number of hydrogen-bond donors (Lipinski definition) is 5. The zero-order valence-corrected chi connectivity index (χ0v) is 27.6. The van der Waals surface area contributed by atoms with Crippen molar-refractivity contribution in [1.29, 1.82) is 0 Å². The van der Waals surface area contributed by atoms with Crippen molar-refractivity contribution in [1.82, 2.24) is 30.4 Å². The number of likely N-dealkylation sites (N-methyl/N-ethyl adjacent to an activating group) is 1. The molecule has 3 aromatic carbocycles. The Hall–Kier alpha value is -5.39. The highest BCUT2D eigenvalue weighted by molar-refractivity contribution is 6.31. The molecule has 1 aliphatic rings. The summed E-state index contributed by atoms with van der Waals surface area (Å²) in [4.78, 5) is 42.5. The molecule has 49 heavy (non-hydrogen) atoms. The van der Waals surface area contributed by atoms with Gasteiger partial charge in [-0.1, -0.05) is 53.8 Å². The van der Waals surface area contributed by atoms with E-state index in [4.69, 9.17) is 21.5 Å². The van der Waals surface area contributed by atoms with Crippen LogP contribution in [0.3, 0.4) is 0 Å². The molecular formula is C35H36ClN7O6. The van der Waals surface area contributed by atoms with E-state index in [1.165, 1.54) is 16.4 Å². The van der Waals surface area contributed by atoms with Gasteiger partial charge in [-0.05, 0) is 62.1 Å². The van der Waals surface area contributed by atoms with Crippen molar-refractivity contribution >= 4 is 35.1 Å². The number of phenols is 1. The van der Waals surface area contributed by atoms with Gasteiger partial charge in [0.2, 0.25) is 5.91 Å². The number of nitrogens with one attached hydrogen (secondary N) is 3. The molecule has 4 amide bonds. The molecule has 0 spiro atoms. The van der Waals surface area contributed by atoms with E-state index in [2.05, 4.69) is 27.6 Å². The van der Waals surface area contributed by atoms with Crippen molar-refractivity contribution in [2.45, 2.75) is 18.6 Å². The smallest absolute Gasteiger partial charge is 0.339 e. The lowest BCUT2D eigenvalue weighted by Gasteiger charge is -2.36. The number of carbonyl (C=O) groups excluding carboxylic acids is 3. The number of carbonyl (C=O) groups is 3. The Morgan fingerprint density at radius 3 is 2.55 bits per heavy atom. The number of hydrogen-bond acceptors (Lipinski definition) is 8. The number of halogens is 1. The normalized spacial score (nSPS) is 14.8. The fourth-order valence-electron chi connectivity index (χ4n) is 5.18. The van der Waals surface area contributed by atoms with Crippen molar-refractivity contribution in [3.8, 4) is 28.8 Å². The van der Waals surface area contributed by atoms with Crippen LogP contribution in [-0.4, -0.2) is 94.2 Å². The van der Waals surface area contributed by atoms with Crippen molar-refractivity contribution in [2.24, 2.45) is 0 Å². The number of morpholine rings is 1. The van der Waals surface area contributed by atoms with Crippen molar-refractivity contribution in [3.05, 3.63) is 101 Å². The Morgan fingerprint density at radius 1 is 1.08 bits per heavy atom. The third kappa shape index (κ3) is 8.95. The second kappa shape index (κ2) is 16.1. The minimum atomic E-state index is -1.15. The van der Waals surface area contributed by atoms with Crippen LogP contribution in [0.15, 0.2) is 79.0 Å². The van der Waals surface area contributed by atoms with Crippen LogP contribution in [0.5, 0.6) is 5.75 Å². The Labute approximate surface area is 288 Å². The van der Waals surface area contributed by atoms with E-state index in [1.807, 2.05) is 25.2 Å². The third-order valence-electron chi connectivity index (χ3n) is 7.72. The van der Waals surface area contributed by atoms with Gasteiger partial charge in [-0.25, -0.2) is 10.3 Å². The molecular weight excluding hydrogens is 650 g/mol. The summed E-state index contributed by atoms with van der Waals surface area (Å²) >= 11 is 6.22. The lowest BCUT2D eigenvalue weighted by atomic mass is 10.0. The number of aromatic nitrogens is 2. The molecule has 1 saturated heterocycles. The number of rotatable bonds is 9. The molecule has 0 saturated carbocycles. The number of urea groups is 1. The number of ether oxygens (including phenoxy) is 1. The number of anilines is 1. The lowest BCUT2D eigenvalue weighted by molar-refractivity contribution is -0.148. The highest BCUT2D eigenvalue weighted by atomic mass is 35.5. The van der Waals surface area contributed by atoms with Crippen LogP contribution >= 0.6 is 11.6 Å². The van der Waals surface area contributed by atoms with E-state index < -0.39 is 29.9 Å². The maximum Gasteiger partial charge on any atom is 0.339 e. The molecule has 5 rings (SSSR count).